The maximum atomic E-state index is 13.2. The summed E-state index contributed by atoms with van der Waals surface area (Å²) < 4.78 is 20.3. The van der Waals surface area contributed by atoms with E-state index < -0.39 is 11.7 Å². The van der Waals surface area contributed by atoms with E-state index in [9.17, 15) is 9.18 Å². The van der Waals surface area contributed by atoms with Crippen LogP contribution in [0.1, 0.15) is 17.3 Å². The molecular weight excluding hydrogens is 287 g/mol. The van der Waals surface area contributed by atoms with Gasteiger partial charge in [-0.25, -0.2) is 8.79 Å². The number of halogens is 1. The monoisotopic (exact) mass is 300 g/mol. The van der Waals surface area contributed by atoms with Gasteiger partial charge in [0, 0.05) is 5.56 Å². The Morgan fingerprint density at radius 1 is 1.27 bits per heavy atom. The molecule has 0 saturated heterocycles. The third-order valence-electron chi connectivity index (χ3n) is 3.00. The molecule has 6 nitrogen and oxygen atoms in total. The number of carbonyl (C=O) groups is 1. The molecule has 2 heterocycles. The highest BCUT2D eigenvalue weighted by Gasteiger charge is 2.14. The molecule has 0 saturated carbocycles. The first-order chi connectivity index (χ1) is 10.7. The van der Waals surface area contributed by atoms with Crippen LogP contribution in [0.5, 0.6) is 5.88 Å². The maximum absolute atomic E-state index is 13.2. The van der Waals surface area contributed by atoms with Crippen LogP contribution in [0.4, 0.5) is 10.3 Å². The fourth-order valence-corrected chi connectivity index (χ4v) is 2.06. The lowest BCUT2D eigenvalue weighted by Gasteiger charge is -2.08. The number of pyridine rings is 1. The molecule has 0 unspecified atom stereocenters. The number of nitrogens with zero attached hydrogens (tertiary/aromatic N) is 3. The van der Waals surface area contributed by atoms with Crippen molar-refractivity contribution in [2.24, 2.45) is 0 Å². The molecule has 3 aromatic rings. The number of anilines is 1. The maximum Gasteiger partial charge on any atom is 0.258 e. The normalized spacial score (nSPS) is 10.6. The summed E-state index contributed by atoms with van der Waals surface area (Å²) in [5.74, 6) is -0.221. The summed E-state index contributed by atoms with van der Waals surface area (Å²) in [5, 5.41) is 10.5. The third kappa shape index (κ3) is 2.60. The van der Waals surface area contributed by atoms with Crippen molar-refractivity contribution in [3.05, 3.63) is 53.8 Å². The lowest BCUT2D eigenvalue weighted by Crippen LogP contribution is -2.15. The van der Waals surface area contributed by atoms with Gasteiger partial charge in [-0.15, -0.1) is 10.2 Å². The molecule has 0 aliphatic rings. The molecule has 0 aliphatic heterocycles. The second kappa shape index (κ2) is 5.80. The van der Waals surface area contributed by atoms with Crippen LogP contribution in [0.3, 0.4) is 0 Å². The van der Waals surface area contributed by atoms with E-state index in [2.05, 4.69) is 15.5 Å². The smallest absolute Gasteiger partial charge is 0.258 e. The summed E-state index contributed by atoms with van der Waals surface area (Å²) in [6, 6.07) is 10.7. The van der Waals surface area contributed by atoms with E-state index in [1.54, 1.807) is 22.6 Å². The second-order valence-electron chi connectivity index (χ2n) is 4.48. The number of aromatic nitrogens is 3. The minimum absolute atomic E-state index is 0.200. The molecule has 112 valence electrons. The standard InChI is InChI=1S/C15H13FN4O2/c1-2-22-13-8-4-7-12-18-19-15(20(12)13)17-14(21)10-5-3-6-11(16)9-10/h3-9H,2H2,1H3,(H,17,19,21). The Balaban J connectivity index is 1.95. The number of nitrogens with one attached hydrogen (secondary N) is 1. The molecule has 3 rings (SSSR count). The van der Waals surface area contributed by atoms with Crippen molar-refractivity contribution in [2.75, 3.05) is 11.9 Å². The van der Waals surface area contributed by atoms with Crippen LogP contribution < -0.4 is 10.1 Å². The average Bonchev–Trinajstić information content (AvgIpc) is 2.92. The number of ether oxygens (including phenoxy) is 1. The molecule has 0 fully saturated rings. The van der Waals surface area contributed by atoms with Crippen LogP contribution in [0.25, 0.3) is 5.65 Å². The Hall–Kier alpha value is -2.96. The number of carbonyl (C=O) groups excluding carboxylic acids is 1. The third-order valence-corrected chi connectivity index (χ3v) is 3.00. The first kappa shape index (κ1) is 14.0. The molecule has 1 N–H and O–H groups in total. The SMILES string of the molecule is CCOc1cccc2nnc(NC(=O)c3cccc(F)c3)n12. The average molecular weight is 300 g/mol. The molecule has 0 aliphatic carbocycles. The van der Waals surface area contributed by atoms with E-state index in [0.29, 0.717) is 18.1 Å². The van der Waals surface area contributed by atoms with Crippen molar-refractivity contribution in [3.63, 3.8) is 0 Å². The lowest BCUT2D eigenvalue weighted by molar-refractivity contribution is 0.102. The highest BCUT2D eigenvalue weighted by molar-refractivity contribution is 6.03. The molecular formula is C15H13FN4O2. The number of benzene rings is 1. The molecule has 1 aromatic carbocycles. The number of rotatable bonds is 4. The highest BCUT2D eigenvalue weighted by atomic mass is 19.1. The number of amides is 1. The van der Waals surface area contributed by atoms with Crippen LogP contribution in [-0.4, -0.2) is 27.1 Å². The Labute approximate surface area is 125 Å². The van der Waals surface area contributed by atoms with Gasteiger partial charge in [-0.1, -0.05) is 12.1 Å². The summed E-state index contributed by atoms with van der Waals surface area (Å²) >= 11 is 0. The lowest BCUT2D eigenvalue weighted by atomic mass is 10.2. The van der Waals surface area contributed by atoms with Crippen molar-refractivity contribution in [3.8, 4) is 5.88 Å². The van der Waals surface area contributed by atoms with E-state index in [1.165, 1.54) is 18.2 Å². The van der Waals surface area contributed by atoms with Gasteiger partial charge in [-0.3, -0.25) is 10.1 Å². The van der Waals surface area contributed by atoms with Crippen LogP contribution in [0.15, 0.2) is 42.5 Å². The largest absolute Gasteiger partial charge is 0.479 e. The van der Waals surface area contributed by atoms with E-state index in [1.807, 2.05) is 6.92 Å². The zero-order valence-corrected chi connectivity index (χ0v) is 11.8. The summed E-state index contributed by atoms with van der Waals surface area (Å²) in [6.07, 6.45) is 0. The molecule has 0 spiro atoms. The molecule has 1 amide bonds. The Bertz CT molecular complexity index is 831. The van der Waals surface area contributed by atoms with E-state index in [4.69, 9.17) is 4.74 Å². The van der Waals surface area contributed by atoms with E-state index in [0.717, 1.165) is 6.07 Å². The van der Waals surface area contributed by atoms with Gasteiger partial charge in [0.05, 0.1) is 6.61 Å². The Morgan fingerprint density at radius 2 is 2.09 bits per heavy atom. The predicted octanol–water partition coefficient (Wildman–Crippen LogP) is 2.52. The van der Waals surface area contributed by atoms with E-state index in [-0.39, 0.29) is 11.5 Å². The number of hydrogen-bond acceptors (Lipinski definition) is 4. The fraction of sp³-hybridized carbons (Fsp3) is 0.133. The van der Waals surface area contributed by atoms with E-state index >= 15 is 0 Å². The molecule has 0 radical (unpaired) electrons. The van der Waals surface area contributed by atoms with Crippen molar-refractivity contribution in [1.29, 1.82) is 0 Å². The molecule has 2 aromatic heterocycles. The Kier molecular flexibility index (Phi) is 3.69. The summed E-state index contributed by atoms with van der Waals surface area (Å²) in [4.78, 5) is 12.2. The first-order valence-electron chi connectivity index (χ1n) is 6.73. The first-order valence-corrected chi connectivity index (χ1v) is 6.73. The van der Waals surface area contributed by atoms with Crippen LogP contribution in [0, 0.1) is 5.82 Å². The number of fused-ring (bicyclic) bond motifs is 1. The van der Waals surface area contributed by atoms with Gasteiger partial charge in [0.25, 0.3) is 5.91 Å². The van der Waals surface area contributed by atoms with Gasteiger partial charge >= 0.3 is 0 Å². The number of hydrogen-bond donors (Lipinski definition) is 1. The van der Waals surface area contributed by atoms with Crippen molar-refractivity contribution >= 4 is 17.5 Å². The van der Waals surface area contributed by atoms with Crippen LogP contribution in [0.2, 0.25) is 0 Å². The van der Waals surface area contributed by atoms with Gasteiger partial charge in [-0.05, 0) is 37.3 Å². The van der Waals surface area contributed by atoms with Gasteiger partial charge in [-0.2, -0.15) is 0 Å². The topological polar surface area (TPSA) is 68.5 Å². The van der Waals surface area contributed by atoms with Crippen LogP contribution >= 0.6 is 0 Å². The zero-order chi connectivity index (χ0) is 15.5. The van der Waals surface area contributed by atoms with Crippen molar-refractivity contribution in [1.82, 2.24) is 14.6 Å². The zero-order valence-electron chi connectivity index (χ0n) is 11.8. The summed E-state index contributed by atoms with van der Waals surface area (Å²) in [6.45, 7) is 2.32. The van der Waals surface area contributed by atoms with Crippen LogP contribution in [-0.2, 0) is 0 Å². The fourth-order valence-electron chi connectivity index (χ4n) is 2.06. The van der Waals surface area contributed by atoms with Crippen molar-refractivity contribution in [2.45, 2.75) is 6.92 Å². The quantitative estimate of drug-likeness (QED) is 0.804. The minimum atomic E-state index is -0.478. The Morgan fingerprint density at radius 3 is 2.86 bits per heavy atom. The molecule has 22 heavy (non-hydrogen) atoms. The highest BCUT2D eigenvalue weighted by Crippen LogP contribution is 2.19. The van der Waals surface area contributed by atoms with Gasteiger partial charge < -0.3 is 4.74 Å². The summed E-state index contributed by atoms with van der Waals surface area (Å²) in [5.41, 5.74) is 0.742. The minimum Gasteiger partial charge on any atom is -0.479 e. The second-order valence-corrected chi connectivity index (χ2v) is 4.48. The van der Waals surface area contributed by atoms with Gasteiger partial charge in [0.1, 0.15) is 5.82 Å². The molecule has 0 bridgehead atoms. The molecule has 0 atom stereocenters. The summed E-state index contributed by atoms with van der Waals surface area (Å²) in [7, 11) is 0. The van der Waals surface area contributed by atoms with Gasteiger partial charge in [0.2, 0.25) is 11.8 Å². The van der Waals surface area contributed by atoms with Gasteiger partial charge in [0.15, 0.2) is 5.65 Å². The molecule has 7 heteroatoms. The predicted molar refractivity (Wildman–Crippen MR) is 78.5 cm³/mol. The van der Waals surface area contributed by atoms with Crippen molar-refractivity contribution < 1.29 is 13.9 Å².